The Hall–Kier alpha value is -1.34. The summed E-state index contributed by atoms with van der Waals surface area (Å²) in [4.78, 5) is 17.2. The van der Waals surface area contributed by atoms with E-state index >= 15 is 0 Å². The van der Waals surface area contributed by atoms with E-state index in [4.69, 9.17) is 4.74 Å². The summed E-state index contributed by atoms with van der Waals surface area (Å²) in [7, 11) is 0. The van der Waals surface area contributed by atoms with Gasteiger partial charge in [-0.25, -0.2) is 0 Å². The van der Waals surface area contributed by atoms with Gasteiger partial charge in [0.25, 0.3) is 5.91 Å². The van der Waals surface area contributed by atoms with Crippen molar-refractivity contribution in [3.63, 3.8) is 0 Å². The molecule has 1 amide bonds. The SMILES string of the molecule is O=C(NCCN1CCOCC1)c1ccccc1SCc1cccs1. The highest BCUT2D eigenvalue weighted by Gasteiger charge is 2.13. The summed E-state index contributed by atoms with van der Waals surface area (Å²) >= 11 is 3.47. The van der Waals surface area contributed by atoms with Crippen molar-refractivity contribution in [2.75, 3.05) is 39.4 Å². The van der Waals surface area contributed by atoms with Crippen LogP contribution in [-0.2, 0) is 10.5 Å². The Morgan fingerprint density at radius 1 is 1.21 bits per heavy atom. The zero-order valence-corrected chi connectivity index (χ0v) is 15.2. The maximum Gasteiger partial charge on any atom is 0.252 e. The molecule has 24 heavy (non-hydrogen) atoms. The monoisotopic (exact) mass is 362 g/mol. The lowest BCUT2D eigenvalue weighted by Crippen LogP contribution is -2.41. The van der Waals surface area contributed by atoms with Gasteiger partial charge in [0.15, 0.2) is 0 Å². The lowest BCUT2D eigenvalue weighted by molar-refractivity contribution is 0.0383. The first-order chi connectivity index (χ1) is 11.8. The van der Waals surface area contributed by atoms with Crippen LogP contribution in [0.1, 0.15) is 15.2 Å². The number of ether oxygens (including phenoxy) is 1. The molecule has 0 aliphatic carbocycles. The number of hydrogen-bond acceptors (Lipinski definition) is 5. The minimum atomic E-state index is 0.0116. The summed E-state index contributed by atoms with van der Waals surface area (Å²) in [5, 5.41) is 5.13. The van der Waals surface area contributed by atoms with Crippen molar-refractivity contribution in [3.05, 3.63) is 52.2 Å². The van der Waals surface area contributed by atoms with Gasteiger partial charge in [-0.1, -0.05) is 18.2 Å². The van der Waals surface area contributed by atoms with Crippen LogP contribution in [0.2, 0.25) is 0 Å². The minimum absolute atomic E-state index is 0.0116. The zero-order chi connectivity index (χ0) is 16.6. The number of nitrogens with zero attached hydrogens (tertiary/aromatic N) is 1. The van der Waals surface area contributed by atoms with Crippen LogP contribution in [-0.4, -0.2) is 50.2 Å². The third kappa shape index (κ3) is 5.08. The number of rotatable bonds is 7. The largest absolute Gasteiger partial charge is 0.379 e. The van der Waals surface area contributed by atoms with Gasteiger partial charge in [-0.3, -0.25) is 9.69 Å². The van der Waals surface area contributed by atoms with Crippen LogP contribution in [0, 0.1) is 0 Å². The van der Waals surface area contributed by atoms with Crippen molar-refractivity contribution >= 4 is 29.0 Å². The number of carbonyl (C=O) groups excluding carboxylic acids is 1. The summed E-state index contributed by atoms with van der Waals surface area (Å²) in [5.41, 5.74) is 0.765. The number of benzene rings is 1. The molecule has 1 aliphatic heterocycles. The highest BCUT2D eigenvalue weighted by Crippen LogP contribution is 2.27. The van der Waals surface area contributed by atoms with Crippen LogP contribution in [0.25, 0.3) is 0 Å². The molecule has 6 heteroatoms. The summed E-state index contributed by atoms with van der Waals surface area (Å²) < 4.78 is 5.34. The third-order valence-corrected chi connectivity index (χ3v) is 6.08. The van der Waals surface area contributed by atoms with Crippen LogP contribution in [0.5, 0.6) is 0 Å². The molecule has 0 radical (unpaired) electrons. The van der Waals surface area contributed by atoms with Crippen molar-refractivity contribution in [2.45, 2.75) is 10.6 Å². The first-order valence-corrected chi connectivity index (χ1v) is 10.0. The Morgan fingerprint density at radius 2 is 2.04 bits per heavy atom. The van der Waals surface area contributed by atoms with E-state index in [1.165, 1.54) is 4.88 Å². The van der Waals surface area contributed by atoms with Gasteiger partial charge in [-0.2, -0.15) is 0 Å². The molecule has 0 unspecified atom stereocenters. The van der Waals surface area contributed by atoms with Crippen molar-refractivity contribution in [1.29, 1.82) is 0 Å². The maximum atomic E-state index is 12.5. The highest BCUT2D eigenvalue weighted by atomic mass is 32.2. The lowest BCUT2D eigenvalue weighted by atomic mass is 10.2. The van der Waals surface area contributed by atoms with E-state index < -0.39 is 0 Å². The van der Waals surface area contributed by atoms with Gasteiger partial charge in [-0.05, 0) is 23.6 Å². The van der Waals surface area contributed by atoms with Gasteiger partial charge >= 0.3 is 0 Å². The molecule has 1 aromatic carbocycles. The number of thioether (sulfide) groups is 1. The Bertz CT molecular complexity index is 640. The fourth-order valence-electron chi connectivity index (χ4n) is 2.57. The average molecular weight is 363 g/mol. The van der Waals surface area contributed by atoms with Crippen LogP contribution < -0.4 is 5.32 Å². The predicted octanol–water partition coefficient (Wildman–Crippen LogP) is 3.10. The van der Waals surface area contributed by atoms with Crippen LogP contribution >= 0.6 is 23.1 Å². The van der Waals surface area contributed by atoms with E-state index in [1.807, 2.05) is 24.3 Å². The molecule has 1 saturated heterocycles. The molecule has 1 aliphatic rings. The normalized spacial score (nSPS) is 15.3. The summed E-state index contributed by atoms with van der Waals surface area (Å²) in [6.07, 6.45) is 0. The van der Waals surface area contributed by atoms with Crippen molar-refractivity contribution in [1.82, 2.24) is 10.2 Å². The Kier molecular flexibility index (Phi) is 6.72. The molecule has 4 nitrogen and oxygen atoms in total. The molecule has 3 rings (SSSR count). The Morgan fingerprint density at radius 3 is 2.83 bits per heavy atom. The summed E-state index contributed by atoms with van der Waals surface area (Å²) in [5.74, 6) is 0.910. The first kappa shape index (κ1) is 17.5. The molecule has 0 bridgehead atoms. The molecule has 1 aromatic heterocycles. The van der Waals surface area contributed by atoms with E-state index in [0.29, 0.717) is 6.54 Å². The molecule has 0 spiro atoms. The molecular formula is C18H22N2O2S2. The van der Waals surface area contributed by atoms with Gasteiger partial charge in [0.1, 0.15) is 0 Å². The number of amides is 1. The maximum absolute atomic E-state index is 12.5. The number of morpholine rings is 1. The predicted molar refractivity (Wildman–Crippen MR) is 99.9 cm³/mol. The van der Waals surface area contributed by atoms with E-state index in [2.05, 4.69) is 27.7 Å². The fraction of sp³-hybridized carbons (Fsp3) is 0.389. The van der Waals surface area contributed by atoms with Gasteiger partial charge in [0.2, 0.25) is 0 Å². The van der Waals surface area contributed by atoms with Crippen LogP contribution in [0.15, 0.2) is 46.7 Å². The molecule has 2 aromatic rings. The standard InChI is InChI=1S/C18H22N2O2S2/c21-18(19-7-8-20-9-11-22-12-10-20)16-5-1-2-6-17(16)24-14-15-4-3-13-23-15/h1-6,13H,7-12,14H2,(H,19,21). The van der Waals surface area contributed by atoms with Crippen LogP contribution in [0.4, 0.5) is 0 Å². The van der Waals surface area contributed by atoms with Crippen molar-refractivity contribution in [2.24, 2.45) is 0 Å². The number of carbonyl (C=O) groups is 1. The van der Waals surface area contributed by atoms with E-state index in [1.54, 1.807) is 23.1 Å². The van der Waals surface area contributed by atoms with E-state index in [0.717, 1.165) is 49.1 Å². The molecule has 0 saturated carbocycles. The molecule has 128 valence electrons. The second kappa shape index (κ2) is 9.22. The van der Waals surface area contributed by atoms with E-state index in [-0.39, 0.29) is 5.91 Å². The molecule has 1 fully saturated rings. The molecule has 2 heterocycles. The smallest absolute Gasteiger partial charge is 0.252 e. The highest BCUT2D eigenvalue weighted by molar-refractivity contribution is 7.98. The molecule has 1 N–H and O–H groups in total. The summed E-state index contributed by atoms with van der Waals surface area (Å²) in [6.45, 7) is 5.01. The number of nitrogens with one attached hydrogen (secondary N) is 1. The van der Waals surface area contributed by atoms with Crippen molar-refractivity contribution < 1.29 is 9.53 Å². The Balaban J connectivity index is 1.51. The van der Waals surface area contributed by atoms with Crippen LogP contribution in [0.3, 0.4) is 0 Å². The summed E-state index contributed by atoms with van der Waals surface area (Å²) in [6, 6.07) is 12.0. The lowest BCUT2D eigenvalue weighted by Gasteiger charge is -2.26. The second-order valence-corrected chi connectivity index (χ2v) is 7.62. The molecular weight excluding hydrogens is 340 g/mol. The first-order valence-electron chi connectivity index (χ1n) is 8.15. The number of thiophene rings is 1. The fourth-order valence-corrected chi connectivity index (χ4v) is 4.39. The van der Waals surface area contributed by atoms with Gasteiger partial charge in [0, 0.05) is 41.7 Å². The zero-order valence-electron chi connectivity index (χ0n) is 13.6. The van der Waals surface area contributed by atoms with Gasteiger partial charge in [0.05, 0.1) is 18.8 Å². The van der Waals surface area contributed by atoms with E-state index in [9.17, 15) is 4.79 Å². The second-order valence-electron chi connectivity index (χ2n) is 5.57. The van der Waals surface area contributed by atoms with Crippen molar-refractivity contribution in [3.8, 4) is 0 Å². The Labute approximate surface area is 151 Å². The average Bonchev–Trinajstić information content (AvgIpc) is 3.14. The molecule has 0 atom stereocenters. The minimum Gasteiger partial charge on any atom is -0.379 e. The number of hydrogen-bond donors (Lipinski definition) is 1. The topological polar surface area (TPSA) is 41.6 Å². The third-order valence-electron chi connectivity index (χ3n) is 3.90. The quantitative estimate of drug-likeness (QED) is 0.769. The van der Waals surface area contributed by atoms with Gasteiger partial charge in [-0.15, -0.1) is 23.1 Å². The van der Waals surface area contributed by atoms with Gasteiger partial charge < -0.3 is 10.1 Å².